The number of hydrogen-bond donors (Lipinski definition) is 1. The van der Waals surface area contributed by atoms with E-state index in [0.717, 1.165) is 24.3 Å². The molecule has 0 bridgehead atoms. The van der Waals surface area contributed by atoms with Crippen LogP contribution in [0.1, 0.15) is 18.2 Å². The van der Waals surface area contributed by atoms with Crippen LogP contribution in [0.25, 0.3) is 0 Å². The third kappa shape index (κ3) is 2.10. The van der Waals surface area contributed by atoms with E-state index in [0.29, 0.717) is 0 Å². The Bertz CT molecular complexity index is 430. The number of aryl methyl sites for hydroxylation is 1. The molecule has 0 unspecified atom stereocenters. The maximum atomic E-state index is 9.10. The van der Waals surface area contributed by atoms with Crippen molar-refractivity contribution in [3.05, 3.63) is 42.0 Å². The van der Waals surface area contributed by atoms with Gasteiger partial charge in [-0.2, -0.15) is 5.10 Å². The first kappa shape index (κ1) is 9.98. The molecule has 2 aromatic heterocycles. The highest BCUT2D eigenvalue weighted by molar-refractivity contribution is 5.11. The lowest BCUT2D eigenvalue weighted by atomic mass is 10.3. The minimum atomic E-state index is 0.0783. The molecule has 0 saturated heterocycles. The average Bonchev–Trinajstić information content (AvgIpc) is 2.87. The minimum absolute atomic E-state index is 0.0783. The quantitative estimate of drug-likeness (QED) is 0.816. The smallest absolute Gasteiger partial charge is 0.0832 e. The van der Waals surface area contributed by atoms with E-state index in [1.165, 1.54) is 0 Å². The molecule has 1 N–H and O–H groups in total. The fourth-order valence-corrected chi connectivity index (χ4v) is 1.60. The molecular formula is C11H15N3O. The summed E-state index contributed by atoms with van der Waals surface area (Å²) in [7, 11) is 0. The molecule has 0 atom stereocenters. The van der Waals surface area contributed by atoms with Crippen LogP contribution >= 0.6 is 0 Å². The van der Waals surface area contributed by atoms with E-state index in [4.69, 9.17) is 5.11 Å². The van der Waals surface area contributed by atoms with Crippen LogP contribution in [-0.4, -0.2) is 19.5 Å². The summed E-state index contributed by atoms with van der Waals surface area (Å²) < 4.78 is 3.93. The van der Waals surface area contributed by atoms with E-state index < -0.39 is 0 Å². The Hall–Kier alpha value is -1.55. The van der Waals surface area contributed by atoms with Gasteiger partial charge < -0.3 is 9.67 Å². The predicted octanol–water partition coefficient (Wildman–Crippen LogP) is 1.25. The molecule has 0 saturated carbocycles. The maximum absolute atomic E-state index is 9.10. The van der Waals surface area contributed by atoms with Crippen LogP contribution in [0.15, 0.2) is 30.7 Å². The van der Waals surface area contributed by atoms with Gasteiger partial charge in [0, 0.05) is 30.2 Å². The second-order valence-corrected chi connectivity index (χ2v) is 3.49. The third-order valence-corrected chi connectivity index (χ3v) is 2.45. The lowest BCUT2D eigenvalue weighted by Crippen LogP contribution is -2.02. The zero-order valence-electron chi connectivity index (χ0n) is 8.80. The molecule has 15 heavy (non-hydrogen) atoms. The van der Waals surface area contributed by atoms with Crippen LogP contribution in [-0.2, 0) is 19.7 Å². The molecule has 4 heteroatoms. The van der Waals surface area contributed by atoms with Crippen LogP contribution in [0, 0.1) is 0 Å². The molecule has 4 nitrogen and oxygen atoms in total. The van der Waals surface area contributed by atoms with E-state index in [9.17, 15) is 0 Å². The SMILES string of the molecule is CCn1cc(Cn2cccc2CO)cn1. The first-order valence-corrected chi connectivity index (χ1v) is 5.09. The highest BCUT2D eigenvalue weighted by Crippen LogP contribution is 2.07. The molecule has 0 radical (unpaired) electrons. The van der Waals surface area contributed by atoms with Crippen molar-refractivity contribution in [1.82, 2.24) is 14.3 Å². The number of aromatic nitrogens is 3. The second-order valence-electron chi connectivity index (χ2n) is 3.49. The third-order valence-electron chi connectivity index (χ3n) is 2.45. The highest BCUT2D eigenvalue weighted by atomic mass is 16.3. The number of nitrogens with zero attached hydrogens (tertiary/aromatic N) is 3. The summed E-state index contributed by atoms with van der Waals surface area (Å²) in [6.45, 7) is 3.79. The molecule has 0 aliphatic carbocycles. The average molecular weight is 205 g/mol. The van der Waals surface area contributed by atoms with Gasteiger partial charge in [0.05, 0.1) is 19.3 Å². The maximum Gasteiger partial charge on any atom is 0.0832 e. The van der Waals surface area contributed by atoms with Crippen molar-refractivity contribution in [3.8, 4) is 0 Å². The summed E-state index contributed by atoms with van der Waals surface area (Å²) in [4.78, 5) is 0. The number of rotatable bonds is 4. The molecule has 2 rings (SSSR count). The fourth-order valence-electron chi connectivity index (χ4n) is 1.60. The Labute approximate surface area is 88.8 Å². The largest absolute Gasteiger partial charge is 0.390 e. The van der Waals surface area contributed by atoms with E-state index >= 15 is 0 Å². The van der Waals surface area contributed by atoms with Gasteiger partial charge in [-0.25, -0.2) is 0 Å². The first-order valence-electron chi connectivity index (χ1n) is 5.09. The van der Waals surface area contributed by atoms with Crippen LogP contribution in [0.3, 0.4) is 0 Å². The predicted molar refractivity (Wildman–Crippen MR) is 57.4 cm³/mol. The lowest BCUT2D eigenvalue weighted by Gasteiger charge is -2.04. The van der Waals surface area contributed by atoms with Crippen molar-refractivity contribution in [2.45, 2.75) is 26.6 Å². The minimum Gasteiger partial charge on any atom is -0.390 e. The summed E-state index contributed by atoms with van der Waals surface area (Å²) in [5.41, 5.74) is 2.09. The number of hydrogen-bond acceptors (Lipinski definition) is 2. The van der Waals surface area contributed by atoms with E-state index in [1.54, 1.807) is 0 Å². The summed E-state index contributed by atoms with van der Waals surface area (Å²) in [5.74, 6) is 0. The van der Waals surface area contributed by atoms with Gasteiger partial charge in [0.25, 0.3) is 0 Å². The number of aliphatic hydroxyl groups is 1. The molecule has 0 amide bonds. The second kappa shape index (κ2) is 4.31. The Balaban J connectivity index is 2.14. The first-order chi connectivity index (χ1) is 7.33. The number of aliphatic hydroxyl groups excluding tert-OH is 1. The van der Waals surface area contributed by atoms with Crippen molar-refractivity contribution < 1.29 is 5.11 Å². The Morgan fingerprint density at radius 2 is 2.33 bits per heavy atom. The molecule has 2 aromatic rings. The van der Waals surface area contributed by atoms with Gasteiger partial charge in [-0.3, -0.25) is 4.68 Å². The highest BCUT2D eigenvalue weighted by Gasteiger charge is 2.02. The van der Waals surface area contributed by atoms with E-state index in [-0.39, 0.29) is 6.61 Å². The van der Waals surface area contributed by atoms with Gasteiger partial charge in [0.15, 0.2) is 0 Å². The van der Waals surface area contributed by atoms with Crippen LogP contribution in [0.2, 0.25) is 0 Å². The molecule has 80 valence electrons. The zero-order chi connectivity index (χ0) is 10.7. The van der Waals surface area contributed by atoms with Gasteiger partial charge in [0.2, 0.25) is 0 Å². The lowest BCUT2D eigenvalue weighted by molar-refractivity contribution is 0.271. The summed E-state index contributed by atoms with van der Waals surface area (Å²) in [5, 5.41) is 13.3. The monoisotopic (exact) mass is 205 g/mol. The molecular weight excluding hydrogens is 190 g/mol. The molecule has 0 aromatic carbocycles. The fraction of sp³-hybridized carbons (Fsp3) is 0.364. The van der Waals surface area contributed by atoms with E-state index in [2.05, 4.69) is 12.0 Å². The van der Waals surface area contributed by atoms with Gasteiger partial charge >= 0.3 is 0 Å². The van der Waals surface area contributed by atoms with Gasteiger partial charge in [0.1, 0.15) is 0 Å². The van der Waals surface area contributed by atoms with Gasteiger partial charge in [-0.1, -0.05) is 0 Å². The van der Waals surface area contributed by atoms with Crippen LogP contribution < -0.4 is 0 Å². The normalized spacial score (nSPS) is 10.8. The van der Waals surface area contributed by atoms with Gasteiger partial charge in [-0.05, 0) is 19.1 Å². The molecule has 2 heterocycles. The molecule has 0 fully saturated rings. The Morgan fingerprint density at radius 1 is 1.47 bits per heavy atom. The summed E-state index contributed by atoms with van der Waals surface area (Å²) >= 11 is 0. The van der Waals surface area contributed by atoms with Crippen molar-refractivity contribution in [1.29, 1.82) is 0 Å². The Morgan fingerprint density at radius 3 is 3.00 bits per heavy atom. The van der Waals surface area contributed by atoms with Crippen molar-refractivity contribution in [2.75, 3.05) is 0 Å². The summed E-state index contributed by atoms with van der Waals surface area (Å²) in [6.07, 6.45) is 5.86. The van der Waals surface area contributed by atoms with Crippen molar-refractivity contribution in [3.63, 3.8) is 0 Å². The van der Waals surface area contributed by atoms with Crippen LogP contribution in [0.4, 0.5) is 0 Å². The van der Waals surface area contributed by atoms with Crippen LogP contribution in [0.5, 0.6) is 0 Å². The van der Waals surface area contributed by atoms with Crippen molar-refractivity contribution in [2.24, 2.45) is 0 Å². The van der Waals surface area contributed by atoms with E-state index in [1.807, 2.05) is 40.0 Å². The van der Waals surface area contributed by atoms with Crippen molar-refractivity contribution >= 4 is 0 Å². The molecule has 0 spiro atoms. The zero-order valence-corrected chi connectivity index (χ0v) is 8.80. The molecule has 0 aliphatic heterocycles. The topological polar surface area (TPSA) is 43.0 Å². The summed E-state index contributed by atoms with van der Waals surface area (Å²) in [6, 6.07) is 3.86. The Kier molecular flexibility index (Phi) is 2.87. The van der Waals surface area contributed by atoms with Gasteiger partial charge in [-0.15, -0.1) is 0 Å². The standard InChI is InChI=1S/C11H15N3O/c1-2-14-8-10(6-12-14)7-13-5-3-4-11(13)9-15/h3-6,8,15H,2,7,9H2,1H3. The molecule has 0 aliphatic rings.